The van der Waals surface area contributed by atoms with Crippen molar-refractivity contribution >= 4 is 33.2 Å². The molecule has 0 aliphatic carbocycles. The van der Waals surface area contributed by atoms with Gasteiger partial charge in [-0.3, -0.25) is 4.79 Å². The number of furan rings is 1. The highest BCUT2D eigenvalue weighted by Gasteiger charge is 2.19. The molecule has 0 aliphatic rings. The SMILES string of the molecule is COCCCNC(=O)/C=C(\C)c1cc2c(-c3ccc4ccccc4c3)coc2c(C)c1OC. The normalized spacial score (nSPS) is 11.8. The Bertz CT molecular complexity index is 1330. The summed E-state index contributed by atoms with van der Waals surface area (Å²) < 4.78 is 16.7. The highest BCUT2D eigenvalue weighted by Crippen LogP contribution is 2.41. The third kappa shape index (κ3) is 4.64. The highest BCUT2D eigenvalue weighted by atomic mass is 16.5. The Morgan fingerprint density at radius 1 is 1.09 bits per heavy atom. The monoisotopic (exact) mass is 443 g/mol. The summed E-state index contributed by atoms with van der Waals surface area (Å²) in [6.45, 7) is 5.09. The van der Waals surface area contributed by atoms with Crippen molar-refractivity contribution in [3.05, 3.63) is 72.0 Å². The zero-order valence-electron chi connectivity index (χ0n) is 19.5. The number of carbonyl (C=O) groups is 1. The number of allylic oxidation sites excluding steroid dienone is 1. The molecule has 0 fully saturated rings. The van der Waals surface area contributed by atoms with Gasteiger partial charge in [0.2, 0.25) is 5.91 Å². The second kappa shape index (κ2) is 9.92. The van der Waals surface area contributed by atoms with Gasteiger partial charge in [-0.25, -0.2) is 0 Å². The van der Waals surface area contributed by atoms with Gasteiger partial charge >= 0.3 is 0 Å². The maximum absolute atomic E-state index is 12.4. The van der Waals surface area contributed by atoms with E-state index in [-0.39, 0.29) is 5.91 Å². The minimum atomic E-state index is -0.134. The predicted octanol–water partition coefficient (Wildman–Crippen LogP) is 6.13. The van der Waals surface area contributed by atoms with E-state index < -0.39 is 0 Å². The van der Waals surface area contributed by atoms with Crippen molar-refractivity contribution in [3.63, 3.8) is 0 Å². The molecule has 5 nitrogen and oxygen atoms in total. The van der Waals surface area contributed by atoms with E-state index in [4.69, 9.17) is 13.9 Å². The number of fused-ring (bicyclic) bond motifs is 2. The average Bonchev–Trinajstić information content (AvgIpc) is 3.26. The Morgan fingerprint density at radius 2 is 1.88 bits per heavy atom. The summed E-state index contributed by atoms with van der Waals surface area (Å²) >= 11 is 0. The van der Waals surface area contributed by atoms with E-state index in [9.17, 15) is 4.79 Å². The lowest BCUT2D eigenvalue weighted by Gasteiger charge is -2.13. The second-order valence-corrected chi connectivity index (χ2v) is 8.14. The summed E-state index contributed by atoms with van der Waals surface area (Å²) in [6.07, 6.45) is 4.19. The van der Waals surface area contributed by atoms with Crippen LogP contribution in [0.3, 0.4) is 0 Å². The molecule has 0 spiro atoms. The quantitative estimate of drug-likeness (QED) is 0.263. The molecule has 0 bridgehead atoms. The molecule has 0 radical (unpaired) electrons. The van der Waals surface area contributed by atoms with Crippen molar-refractivity contribution in [1.82, 2.24) is 5.32 Å². The molecular formula is C28H29NO4. The van der Waals surface area contributed by atoms with E-state index in [1.165, 1.54) is 10.8 Å². The van der Waals surface area contributed by atoms with Crippen molar-refractivity contribution in [3.8, 4) is 16.9 Å². The van der Waals surface area contributed by atoms with Gasteiger partial charge in [0.05, 0.1) is 13.4 Å². The molecule has 0 saturated heterocycles. The van der Waals surface area contributed by atoms with Gasteiger partial charge in [-0.05, 0) is 54.3 Å². The van der Waals surface area contributed by atoms with Gasteiger partial charge in [0, 0.05) is 48.4 Å². The van der Waals surface area contributed by atoms with E-state index in [0.29, 0.717) is 18.9 Å². The topological polar surface area (TPSA) is 60.7 Å². The van der Waals surface area contributed by atoms with Crippen LogP contribution in [0.5, 0.6) is 5.75 Å². The average molecular weight is 444 g/mol. The molecule has 1 aromatic heterocycles. The molecule has 1 amide bonds. The van der Waals surface area contributed by atoms with Gasteiger partial charge in [0.1, 0.15) is 11.3 Å². The molecule has 0 aliphatic heterocycles. The first kappa shape index (κ1) is 22.6. The number of hydrogen-bond acceptors (Lipinski definition) is 4. The third-order valence-corrected chi connectivity index (χ3v) is 5.91. The van der Waals surface area contributed by atoms with Crippen molar-refractivity contribution in [2.45, 2.75) is 20.3 Å². The fourth-order valence-electron chi connectivity index (χ4n) is 4.21. The summed E-state index contributed by atoms with van der Waals surface area (Å²) in [7, 11) is 3.29. The summed E-state index contributed by atoms with van der Waals surface area (Å²) in [6, 6.07) is 16.8. The smallest absolute Gasteiger partial charge is 0.244 e. The molecular weight excluding hydrogens is 414 g/mol. The lowest BCUT2D eigenvalue weighted by molar-refractivity contribution is -0.116. The third-order valence-electron chi connectivity index (χ3n) is 5.91. The van der Waals surface area contributed by atoms with Gasteiger partial charge in [-0.15, -0.1) is 0 Å². The summed E-state index contributed by atoms with van der Waals surface area (Å²) in [4.78, 5) is 12.4. The first-order valence-electron chi connectivity index (χ1n) is 11.1. The maximum Gasteiger partial charge on any atom is 0.244 e. The fourth-order valence-corrected chi connectivity index (χ4v) is 4.21. The maximum atomic E-state index is 12.4. The number of amides is 1. The van der Waals surface area contributed by atoms with Crippen LogP contribution in [0.15, 0.2) is 65.3 Å². The van der Waals surface area contributed by atoms with Crippen LogP contribution < -0.4 is 10.1 Å². The molecule has 0 atom stereocenters. The number of methoxy groups -OCH3 is 2. The van der Waals surface area contributed by atoms with E-state index in [2.05, 4.69) is 41.7 Å². The van der Waals surface area contributed by atoms with Crippen LogP contribution >= 0.6 is 0 Å². The van der Waals surface area contributed by atoms with Crippen molar-refractivity contribution < 1.29 is 18.7 Å². The van der Waals surface area contributed by atoms with Gasteiger partial charge in [0.25, 0.3) is 0 Å². The lowest BCUT2D eigenvalue weighted by atomic mass is 9.95. The number of aryl methyl sites for hydroxylation is 1. The zero-order chi connectivity index (χ0) is 23.4. The first-order valence-corrected chi connectivity index (χ1v) is 11.1. The minimum absolute atomic E-state index is 0.134. The van der Waals surface area contributed by atoms with Crippen molar-refractivity contribution in [2.24, 2.45) is 0 Å². The van der Waals surface area contributed by atoms with Crippen LogP contribution in [-0.2, 0) is 9.53 Å². The zero-order valence-corrected chi connectivity index (χ0v) is 19.5. The first-order chi connectivity index (χ1) is 16.0. The van der Waals surface area contributed by atoms with E-state index >= 15 is 0 Å². The number of hydrogen-bond donors (Lipinski definition) is 1. The predicted molar refractivity (Wildman–Crippen MR) is 134 cm³/mol. The van der Waals surface area contributed by atoms with Gasteiger partial charge < -0.3 is 19.2 Å². The van der Waals surface area contributed by atoms with Crippen LogP contribution in [-0.4, -0.2) is 33.3 Å². The van der Waals surface area contributed by atoms with E-state index in [1.807, 2.05) is 26.0 Å². The molecule has 1 heterocycles. The Labute approximate surface area is 194 Å². The number of carbonyl (C=O) groups excluding carboxylic acids is 1. The summed E-state index contributed by atoms with van der Waals surface area (Å²) in [5.74, 6) is 0.577. The highest BCUT2D eigenvalue weighted by molar-refractivity contribution is 6.02. The number of ether oxygens (including phenoxy) is 2. The molecule has 1 N–H and O–H groups in total. The van der Waals surface area contributed by atoms with E-state index in [0.717, 1.165) is 45.2 Å². The molecule has 0 unspecified atom stereocenters. The lowest BCUT2D eigenvalue weighted by Crippen LogP contribution is -2.23. The van der Waals surface area contributed by atoms with E-state index in [1.54, 1.807) is 26.6 Å². The van der Waals surface area contributed by atoms with Crippen molar-refractivity contribution in [1.29, 1.82) is 0 Å². The summed E-state index contributed by atoms with van der Waals surface area (Å²) in [5, 5.41) is 6.27. The Kier molecular flexibility index (Phi) is 6.80. The summed E-state index contributed by atoms with van der Waals surface area (Å²) in [5.41, 5.74) is 5.49. The number of rotatable bonds is 8. The number of nitrogens with one attached hydrogen (secondary N) is 1. The van der Waals surface area contributed by atoms with Crippen LogP contribution in [0, 0.1) is 6.92 Å². The molecule has 4 rings (SSSR count). The Balaban J connectivity index is 1.75. The molecule has 5 heteroatoms. The Hall–Kier alpha value is -3.57. The van der Waals surface area contributed by atoms with Gasteiger partial charge in [-0.1, -0.05) is 36.4 Å². The molecule has 170 valence electrons. The van der Waals surface area contributed by atoms with Crippen LogP contribution in [0.4, 0.5) is 0 Å². The minimum Gasteiger partial charge on any atom is -0.496 e. The number of benzene rings is 3. The van der Waals surface area contributed by atoms with Crippen LogP contribution in [0.2, 0.25) is 0 Å². The second-order valence-electron chi connectivity index (χ2n) is 8.14. The van der Waals surface area contributed by atoms with Crippen LogP contribution in [0.25, 0.3) is 38.4 Å². The molecule has 0 saturated carbocycles. The van der Waals surface area contributed by atoms with Crippen LogP contribution in [0.1, 0.15) is 24.5 Å². The Morgan fingerprint density at radius 3 is 2.64 bits per heavy atom. The fraction of sp³-hybridized carbons (Fsp3) is 0.250. The molecule has 4 aromatic rings. The largest absolute Gasteiger partial charge is 0.496 e. The van der Waals surface area contributed by atoms with Gasteiger partial charge in [-0.2, -0.15) is 0 Å². The molecule has 3 aromatic carbocycles. The van der Waals surface area contributed by atoms with Gasteiger partial charge in [0.15, 0.2) is 0 Å². The molecule has 33 heavy (non-hydrogen) atoms. The standard InChI is InChI=1S/C28H29NO4/c1-18(14-26(30)29-12-7-13-31-3)23-16-24-25(17-33-28(24)19(2)27(23)32-4)22-11-10-20-8-5-6-9-21(20)15-22/h5-6,8-11,14-17H,7,12-13H2,1-4H3,(H,29,30)/b18-14+. The van der Waals surface area contributed by atoms with Crippen molar-refractivity contribution in [2.75, 3.05) is 27.4 Å².